The Morgan fingerprint density at radius 1 is 1.11 bits per heavy atom. The van der Waals surface area contributed by atoms with Crippen molar-refractivity contribution in [3.8, 4) is 17.4 Å². The molecule has 0 amide bonds. The molecule has 2 aliphatic rings. The summed E-state index contributed by atoms with van der Waals surface area (Å²) in [7, 11) is 1.64. The number of hydrogen-bond donors (Lipinski definition) is 0. The van der Waals surface area contributed by atoms with Crippen LogP contribution in [0.15, 0.2) is 60.1 Å². The van der Waals surface area contributed by atoms with Crippen LogP contribution in [0.1, 0.15) is 60.7 Å². The molecule has 0 radical (unpaired) electrons. The van der Waals surface area contributed by atoms with Gasteiger partial charge in [0.1, 0.15) is 30.2 Å². The summed E-state index contributed by atoms with van der Waals surface area (Å²) in [5.74, 6) is 2.92. The second kappa shape index (κ2) is 8.97. The molecule has 38 heavy (non-hydrogen) atoms. The van der Waals surface area contributed by atoms with Crippen LogP contribution in [-0.2, 0) is 11.4 Å². The van der Waals surface area contributed by atoms with E-state index in [1.165, 1.54) is 0 Å². The minimum atomic E-state index is -0.378. The van der Waals surface area contributed by atoms with Crippen molar-refractivity contribution < 1.29 is 19.0 Å². The monoisotopic (exact) mass is 510 g/mol. The zero-order valence-corrected chi connectivity index (χ0v) is 22.2. The Hall–Kier alpha value is -4.20. The number of carbonyl (C=O) groups excluding carboxylic acids is 1. The van der Waals surface area contributed by atoms with Gasteiger partial charge in [0.15, 0.2) is 17.3 Å². The van der Waals surface area contributed by atoms with Crippen LogP contribution in [0.25, 0.3) is 5.65 Å². The molecular weight excluding hydrogens is 480 g/mol. The van der Waals surface area contributed by atoms with Crippen LogP contribution in [0.3, 0.4) is 0 Å². The molecule has 0 spiro atoms. The maximum absolute atomic E-state index is 13.6. The molecule has 194 valence electrons. The van der Waals surface area contributed by atoms with Gasteiger partial charge in [-0.1, -0.05) is 38.1 Å². The summed E-state index contributed by atoms with van der Waals surface area (Å²) in [6, 6.07) is 13.8. The van der Waals surface area contributed by atoms with E-state index in [9.17, 15) is 4.79 Å². The number of fused-ring (bicyclic) bond motifs is 3. The van der Waals surface area contributed by atoms with Crippen molar-refractivity contribution in [1.29, 1.82) is 0 Å². The maximum atomic E-state index is 13.6. The Balaban J connectivity index is 1.45. The van der Waals surface area contributed by atoms with E-state index in [1.807, 2.05) is 43.3 Å². The zero-order valence-electron chi connectivity index (χ0n) is 22.2. The predicted molar refractivity (Wildman–Crippen MR) is 142 cm³/mol. The number of methoxy groups -OCH3 is 1. The Morgan fingerprint density at radius 3 is 2.66 bits per heavy atom. The highest BCUT2D eigenvalue weighted by Crippen LogP contribution is 2.50. The summed E-state index contributed by atoms with van der Waals surface area (Å²) in [6.45, 7) is 8.47. The number of aryl methyl sites for hydroxylation is 1. The summed E-state index contributed by atoms with van der Waals surface area (Å²) in [6.07, 6.45) is 2.72. The van der Waals surface area contributed by atoms with Gasteiger partial charge in [-0.15, -0.1) is 5.10 Å². The second-order valence-corrected chi connectivity index (χ2v) is 10.8. The standard InChI is InChI=1S/C30H30N4O4/c1-17-7-6-8-22(18(17)2)37-15-24-32-28-27-25(19-9-11-20(36-5)12-10-19)26-21(35)13-30(3,4)14-23(26)38-29(27)31-16-34(28)33-24/h6-12,16,25H,13-15H2,1-5H3. The van der Waals surface area contributed by atoms with Gasteiger partial charge in [0.05, 0.1) is 12.7 Å². The normalized spacial score (nSPS) is 18.1. The molecule has 6 rings (SSSR count). The topological polar surface area (TPSA) is 87.8 Å². The second-order valence-electron chi connectivity index (χ2n) is 10.8. The van der Waals surface area contributed by atoms with Crippen molar-refractivity contribution in [2.45, 2.75) is 53.1 Å². The average molecular weight is 511 g/mol. The Kier molecular flexibility index (Phi) is 5.70. The highest BCUT2D eigenvalue weighted by Gasteiger charge is 2.44. The lowest BCUT2D eigenvalue weighted by molar-refractivity contribution is -0.118. The lowest BCUT2D eigenvalue weighted by atomic mass is 9.70. The number of Topliss-reactive ketones (excluding diaryl/α,β-unsaturated/α-hetero) is 1. The molecule has 4 aromatic rings. The van der Waals surface area contributed by atoms with E-state index in [1.54, 1.807) is 18.0 Å². The largest absolute Gasteiger partial charge is 0.497 e. The van der Waals surface area contributed by atoms with Crippen LogP contribution < -0.4 is 14.2 Å². The molecule has 1 aliphatic heterocycles. The van der Waals surface area contributed by atoms with E-state index in [0.717, 1.165) is 33.8 Å². The Labute approximate surface area is 221 Å². The molecule has 0 bridgehead atoms. The van der Waals surface area contributed by atoms with Crippen LogP contribution in [0.2, 0.25) is 0 Å². The maximum Gasteiger partial charge on any atom is 0.228 e. The molecule has 8 heteroatoms. The molecule has 2 aromatic carbocycles. The summed E-state index contributed by atoms with van der Waals surface area (Å²) in [4.78, 5) is 23.0. The number of ether oxygens (including phenoxy) is 3. The van der Waals surface area contributed by atoms with E-state index >= 15 is 0 Å². The summed E-state index contributed by atoms with van der Waals surface area (Å²) < 4.78 is 19.4. The van der Waals surface area contributed by atoms with Crippen molar-refractivity contribution in [3.63, 3.8) is 0 Å². The van der Waals surface area contributed by atoms with Gasteiger partial charge in [0, 0.05) is 24.3 Å². The third-order valence-electron chi connectivity index (χ3n) is 7.47. The molecule has 0 N–H and O–H groups in total. The number of carbonyl (C=O) groups is 1. The smallest absolute Gasteiger partial charge is 0.228 e. The number of allylic oxidation sites excluding steroid dienone is 2. The van der Waals surface area contributed by atoms with Crippen LogP contribution in [0.4, 0.5) is 0 Å². The average Bonchev–Trinajstić information content (AvgIpc) is 3.31. The summed E-state index contributed by atoms with van der Waals surface area (Å²) >= 11 is 0. The minimum Gasteiger partial charge on any atom is -0.497 e. The third-order valence-corrected chi connectivity index (χ3v) is 7.47. The first-order chi connectivity index (χ1) is 18.2. The number of aromatic nitrogens is 4. The summed E-state index contributed by atoms with van der Waals surface area (Å²) in [5.41, 5.74) is 5.01. The van der Waals surface area contributed by atoms with Gasteiger partial charge >= 0.3 is 0 Å². The van der Waals surface area contributed by atoms with Crippen molar-refractivity contribution in [1.82, 2.24) is 19.6 Å². The van der Waals surface area contributed by atoms with Crippen LogP contribution in [-0.4, -0.2) is 32.5 Å². The first-order valence-corrected chi connectivity index (χ1v) is 12.8. The van der Waals surface area contributed by atoms with Crippen molar-refractivity contribution in [2.75, 3.05) is 7.11 Å². The van der Waals surface area contributed by atoms with E-state index in [4.69, 9.17) is 19.2 Å². The lowest BCUT2D eigenvalue weighted by Crippen LogP contribution is -2.33. The number of nitrogens with zero attached hydrogens (tertiary/aromatic N) is 4. The SMILES string of the molecule is COc1ccc(C2C3=C(CC(C)(C)CC3=O)Oc3ncn4nc(COc5cccc(C)c5C)nc4c32)cc1. The molecule has 0 saturated heterocycles. The molecule has 8 nitrogen and oxygen atoms in total. The highest BCUT2D eigenvalue weighted by molar-refractivity contribution is 6.00. The van der Waals surface area contributed by atoms with Gasteiger partial charge in [0.2, 0.25) is 5.88 Å². The molecule has 0 saturated carbocycles. The molecular formula is C30H30N4O4. The minimum absolute atomic E-state index is 0.0858. The summed E-state index contributed by atoms with van der Waals surface area (Å²) in [5, 5.41) is 4.63. The van der Waals surface area contributed by atoms with E-state index in [2.05, 4.69) is 36.9 Å². The quantitative estimate of drug-likeness (QED) is 0.350. The first kappa shape index (κ1) is 24.2. The molecule has 1 unspecified atom stereocenters. The van der Waals surface area contributed by atoms with Crippen LogP contribution >= 0.6 is 0 Å². The fraction of sp³-hybridized carbons (Fsp3) is 0.333. The fourth-order valence-electron chi connectivity index (χ4n) is 5.40. The highest BCUT2D eigenvalue weighted by atomic mass is 16.5. The molecule has 0 fully saturated rings. The molecule has 1 aliphatic carbocycles. The molecule has 2 aromatic heterocycles. The number of benzene rings is 2. The first-order valence-electron chi connectivity index (χ1n) is 12.8. The molecule has 1 atom stereocenters. The Morgan fingerprint density at radius 2 is 1.89 bits per heavy atom. The fourth-order valence-corrected chi connectivity index (χ4v) is 5.40. The number of ketones is 1. The Bertz CT molecular complexity index is 1600. The van der Waals surface area contributed by atoms with Gasteiger partial charge in [-0.25, -0.2) is 14.5 Å². The van der Waals surface area contributed by atoms with Crippen LogP contribution in [0, 0.1) is 19.3 Å². The third kappa shape index (κ3) is 4.10. The van der Waals surface area contributed by atoms with E-state index in [0.29, 0.717) is 41.5 Å². The van der Waals surface area contributed by atoms with Gasteiger partial charge in [-0.2, -0.15) is 0 Å². The van der Waals surface area contributed by atoms with E-state index in [-0.39, 0.29) is 23.7 Å². The van der Waals surface area contributed by atoms with Gasteiger partial charge in [0.25, 0.3) is 0 Å². The zero-order chi connectivity index (χ0) is 26.6. The van der Waals surface area contributed by atoms with Crippen molar-refractivity contribution in [2.24, 2.45) is 5.41 Å². The van der Waals surface area contributed by atoms with Gasteiger partial charge in [-0.3, -0.25) is 4.79 Å². The van der Waals surface area contributed by atoms with Gasteiger partial charge in [-0.05, 0) is 54.2 Å². The number of rotatable bonds is 5. The number of hydrogen-bond acceptors (Lipinski definition) is 7. The van der Waals surface area contributed by atoms with E-state index < -0.39 is 0 Å². The van der Waals surface area contributed by atoms with Crippen molar-refractivity contribution >= 4 is 11.4 Å². The molecule has 3 heterocycles. The van der Waals surface area contributed by atoms with Crippen molar-refractivity contribution in [3.05, 3.63) is 88.2 Å². The lowest BCUT2D eigenvalue weighted by Gasteiger charge is -2.37. The van der Waals surface area contributed by atoms with Crippen LogP contribution in [0.5, 0.6) is 17.4 Å². The van der Waals surface area contributed by atoms with Gasteiger partial charge < -0.3 is 14.2 Å². The predicted octanol–water partition coefficient (Wildman–Crippen LogP) is 5.50.